The number of hydrogen-bond donors (Lipinski definition) is 2. The number of primary amides is 1. The lowest BCUT2D eigenvalue weighted by molar-refractivity contribution is -0.127. The molecule has 2 amide bonds. The van der Waals surface area contributed by atoms with Gasteiger partial charge in [0.05, 0.1) is 5.41 Å². The summed E-state index contributed by atoms with van der Waals surface area (Å²) in [5, 5.41) is 3.22. The summed E-state index contributed by atoms with van der Waals surface area (Å²) in [5.41, 5.74) is 8.57. The highest BCUT2D eigenvalue weighted by molar-refractivity contribution is 6.29. The molecule has 0 fully saturated rings. The highest BCUT2D eigenvalue weighted by Gasteiger charge is 2.39. The molecule has 0 unspecified atom stereocenters. The molecule has 176 valence electrons. The van der Waals surface area contributed by atoms with E-state index in [0.717, 1.165) is 22.3 Å². The second-order valence-electron chi connectivity index (χ2n) is 8.40. The standard InChI is InChI=1S/C29H26ClN3O2/c30-26-17-16-21(20-32-26)18-25(28(31)35)33-27(34)19-29(22-10-4-1-5-11-22,23-12-6-2-7-13-23)24-14-8-3-9-15-24/h1-17,20,25H,18-19H2,(H2,31,35)(H,33,34)/t25-/m1/s1. The van der Waals surface area contributed by atoms with Crippen LogP contribution in [0.2, 0.25) is 5.15 Å². The molecule has 0 aliphatic heterocycles. The minimum Gasteiger partial charge on any atom is -0.368 e. The van der Waals surface area contributed by atoms with Gasteiger partial charge in [0.1, 0.15) is 11.2 Å². The zero-order valence-corrected chi connectivity index (χ0v) is 19.9. The van der Waals surface area contributed by atoms with Crippen LogP contribution in [0.1, 0.15) is 28.7 Å². The minimum atomic E-state index is -0.884. The van der Waals surface area contributed by atoms with E-state index >= 15 is 0 Å². The van der Waals surface area contributed by atoms with Gasteiger partial charge in [-0.1, -0.05) is 109 Å². The number of nitrogens with two attached hydrogens (primary N) is 1. The summed E-state index contributed by atoms with van der Waals surface area (Å²) < 4.78 is 0. The summed E-state index contributed by atoms with van der Waals surface area (Å²) in [6.45, 7) is 0. The lowest BCUT2D eigenvalue weighted by Gasteiger charge is -2.36. The van der Waals surface area contributed by atoms with Crippen molar-refractivity contribution in [3.63, 3.8) is 0 Å². The van der Waals surface area contributed by atoms with E-state index in [1.54, 1.807) is 18.3 Å². The Morgan fingerprint density at radius 1 is 0.800 bits per heavy atom. The average Bonchev–Trinajstić information content (AvgIpc) is 2.89. The molecule has 1 aromatic heterocycles. The summed E-state index contributed by atoms with van der Waals surface area (Å²) in [5.74, 6) is -0.898. The van der Waals surface area contributed by atoms with Crippen LogP contribution < -0.4 is 11.1 Å². The van der Waals surface area contributed by atoms with Crippen LogP contribution in [0.3, 0.4) is 0 Å². The normalized spacial score (nSPS) is 12.0. The van der Waals surface area contributed by atoms with Gasteiger partial charge >= 0.3 is 0 Å². The van der Waals surface area contributed by atoms with Gasteiger partial charge in [-0.05, 0) is 28.3 Å². The van der Waals surface area contributed by atoms with E-state index in [4.69, 9.17) is 17.3 Å². The molecule has 35 heavy (non-hydrogen) atoms. The molecular formula is C29H26ClN3O2. The molecule has 5 nitrogen and oxygen atoms in total. The maximum Gasteiger partial charge on any atom is 0.240 e. The molecule has 3 N–H and O–H groups in total. The van der Waals surface area contributed by atoms with Crippen LogP contribution in [0, 0.1) is 0 Å². The van der Waals surface area contributed by atoms with Crippen molar-refractivity contribution in [2.45, 2.75) is 24.3 Å². The molecule has 1 heterocycles. The van der Waals surface area contributed by atoms with E-state index in [1.807, 2.05) is 91.0 Å². The van der Waals surface area contributed by atoms with Crippen LogP contribution in [0.5, 0.6) is 0 Å². The van der Waals surface area contributed by atoms with E-state index in [-0.39, 0.29) is 18.7 Å². The van der Waals surface area contributed by atoms with Crippen LogP contribution in [0.15, 0.2) is 109 Å². The summed E-state index contributed by atoms with van der Waals surface area (Å²) in [4.78, 5) is 29.9. The topological polar surface area (TPSA) is 85.1 Å². The Kier molecular flexibility index (Phi) is 7.58. The molecular weight excluding hydrogens is 458 g/mol. The molecule has 6 heteroatoms. The maximum absolute atomic E-state index is 13.6. The summed E-state index contributed by atoms with van der Waals surface area (Å²) in [6, 6.07) is 32.3. The maximum atomic E-state index is 13.6. The number of nitrogens with one attached hydrogen (secondary N) is 1. The van der Waals surface area contributed by atoms with Gasteiger partial charge in [-0.15, -0.1) is 0 Å². The average molecular weight is 484 g/mol. The fourth-order valence-corrected chi connectivity index (χ4v) is 4.56. The largest absolute Gasteiger partial charge is 0.368 e. The van der Waals surface area contributed by atoms with Gasteiger partial charge in [-0.2, -0.15) is 0 Å². The quantitative estimate of drug-likeness (QED) is 0.268. The number of nitrogens with zero attached hydrogens (tertiary/aromatic N) is 1. The number of halogens is 1. The molecule has 0 aliphatic carbocycles. The number of carbonyl (C=O) groups is 2. The lowest BCUT2D eigenvalue weighted by atomic mass is 9.67. The zero-order valence-electron chi connectivity index (χ0n) is 19.1. The Bertz CT molecular complexity index is 1170. The van der Waals surface area contributed by atoms with E-state index in [2.05, 4.69) is 10.3 Å². The van der Waals surface area contributed by atoms with Crippen molar-refractivity contribution in [3.8, 4) is 0 Å². The number of aromatic nitrogens is 1. The van der Waals surface area contributed by atoms with Crippen LogP contribution in [-0.4, -0.2) is 22.8 Å². The summed E-state index contributed by atoms with van der Waals surface area (Å²) in [6.07, 6.45) is 1.89. The molecule has 0 saturated heterocycles. The van der Waals surface area contributed by atoms with E-state index in [1.165, 1.54) is 0 Å². The Morgan fingerprint density at radius 3 is 1.69 bits per heavy atom. The number of rotatable bonds is 9. The Hall–Kier alpha value is -3.96. The van der Waals surface area contributed by atoms with Crippen LogP contribution in [0.25, 0.3) is 0 Å². The van der Waals surface area contributed by atoms with Crippen molar-refractivity contribution >= 4 is 23.4 Å². The first kappa shape index (κ1) is 24.2. The Balaban J connectivity index is 1.72. The van der Waals surface area contributed by atoms with Gasteiger partial charge in [-0.3, -0.25) is 9.59 Å². The number of hydrogen-bond acceptors (Lipinski definition) is 3. The molecule has 0 bridgehead atoms. The third-order valence-corrected chi connectivity index (χ3v) is 6.36. The van der Waals surface area contributed by atoms with Crippen molar-refractivity contribution in [3.05, 3.63) is 137 Å². The summed E-state index contributed by atoms with van der Waals surface area (Å²) >= 11 is 5.87. The lowest BCUT2D eigenvalue weighted by Crippen LogP contribution is -2.48. The number of amides is 2. The fraction of sp³-hybridized carbons (Fsp3) is 0.138. The number of benzene rings is 3. The van der Waals surface area contributed by atoms with Gasteiger partial charge in [0.15, 0.2) is 0 Å². The van der Waals surface area contributed by atoms with Crippen molar-refractivity contribution in [1.82, 2.24) is 10.3 Å². The zero-order chi connectivity index (χ0) is 24.7. The monoisotopic (exact) mass is 483 g/mol. The minimum absolute atomic E-state index is 0.0910. The van der Waals surface area contributed by atoms with Crippen molar-refractivity contribution in [2.24, 2.45) is 5.73 Å². The molecule has 4 aromatic rings. The van der Waals surface area contributed by atoms with E-state index < -0.39 is 17.4 Å². The predicted molar refractivity (Wildman–Crippen MR) is 138 cm³/mol. The van der Waals surface area contributed by atoms with Crippen LogP contribution in [-0.2, 0) is 21.4 Å². The smallest absolute Gasteiger partial charge is 0.240 e. The van der Waals surface area contributed by atoms with Crippen LogP contribution >= 0.6 is 11.6 Å². The SMILES string of the molecule is NC(=O)[C@@H](Cc1ccc(Cl)nc1)NC(=O)CC(c1ccccc1)(c1ccccc1)c1ccccc1. The first-order chi connectivity index (χ1) is 17.0. The van der Waals surface area contributed by atoms with E-state index in [9.17, 15) is 9.59 Å². The molecule has 0 radical (unpaired) electrons. The Morgan fingerprint density at radius 2 is 1.29 bits per heavy atom. The number of carbonyl (C=O) groups excluding carboxylic acids is 2. The number of pyridine rings is 1. The van der Waals surface area contributed by atoms with Gasteiger partial charge in [0, 0.05) is 19.0 Å². The Labute approximate surface area is 210 Å². The second kappa shape index (κ2) is 11.0. The van der Waals surface area contributed by atoms with Gasteiger partial charge in [0.2, 0.25) is 11.8 Å². The van der Waals surface area contributed by atoms with E-state index in [0.29, 0.717) is 5.15 Å². The third kappa shape index (κ3) is 5.58. The fourth-order valence-electron chi connectivity index (χ4n) is 4.45. The molecule has 1 atom stereocenters. The molecule has 3 aromatic carbocycles. The second-order valence-corrected chi connectivity index (χ2v) is 8.78. The third-order valence-electron chi connectivity index (χ3n) is 6.13. The first-order valence-corrected chi connectivity index (χ1v) is 11.7. The van der Waals surface area contributed by atoms with Crippen molar-refractivity contribution in [1.29, 1.82) is 0 Å². The highest BCUT2D eigenvalue weighted by atomic mass is 35.5. The highest BCUT2D eigenvalue weighted by Crippen LogP contribution is 2.42. The molecule has 0 aliphatic rings. The molecule has 0 saturated carbocycles. The first-order valence-electron chi connectivity index (χ1n) is 11.3. The van der Waals surface area contributed by atoms with Crippen molar-refractivity contribution in [2.75, 3.05) is 0 Å². The van der Waals surface area contributed by atoms with Gasteiger partial charge in [-0.25, -0.2) is 4.98 Å². The van der Waals surface area contributed by atoms with Crippen LogP contribution in [0.4, 0.5) is 0 Å². The molecule has 4 rings (SSSR count). The van der Waals surface area contributed by atoms with Crippen molar-refractivity contribution < 1.29 is 9.59 Å². The molecule has 0 spiro atoms. The van der Waals surface area contributed by atoms with Gasteiger partial charge in [0.25, 0.3) is 0 Å². The summed E-state index contributed by atoms with van der Waals surface area (Å²) in [7, 11) is 0. The van der Waals surface area contributed by atoms with Gasteiger partial charge < -0.3 is 11.1 Å². The predicted octanol–water partition coefficient (Wildman–Crippen LogP) is 4.67.